The van der Waals surface area contributed by atoms with E-state index < -0.39 is 0 Å². The van der Waals surface area contributed by atoms with Crippen molar-refractivity contribution < 1.29 is 14.0 Å². The molecule has 142 valence electrons. The molecule has 0 bridgehead atoms. The summed E-state index contributed by atoms with van der Waals surface area (Å²) in [6.07, 6.45) is 0.204. The molecule has 5 nitrogen and oxygen atoms in total. The van der Waals surface area contributed by atoms with Crippen molar-refractivity contribution in [3.8, 4) is 0 Å². The van der Waals surface area contributed by atoms with Crippen molar-refractivity contribution in [1.29, 1.82) is 0 Å². The van der Waals surface area contributed by atoms with Gasteiger partial charge in [-0.2, -0.15) is 0 Å². The lowest BCUT2D eigenvalue weighted by atomic mass is 10.1. The Morgan fingerprint density at radius 3 is 2.33 bits per heavy atom. The van der Waals surface area contributed by atoms with E-state index in [1.807, 2.05) is 35.2 Å². The number of amides is 2. The summed E-state index contributed by atoms with van der Waals surface area (Å²) < 4.78 is 13.2. The molecule has 1 aliphatic rings. The molecule has 0 aliphatic carbocycles. The minimum Gasteiger partial charge on any atom is -0.351 e. The largest absolute Gasteiger partial charge is 0.351 e. The highest BCUT2D eigenvalue weighted by Gasteiger charge is 2.22. The third kappa shape index (κ3) is 5.89. The summed E-state index contributed by atoms with van der Waals surface area (Å²) >= 11 is 0. The standard InChI is InChI=1S/C21H24FN3O2/c22-19-8-4-7-18(13-19)14-21(27)25-11-9-24(10-12-25)16-20(26)23-15-17-5-2-1-3-6-17/h1-8,13H,9-12,14-16H2,(H,23,26). The molecule has 0 radical (unpaired) electrons. The van der Waals surface area contributed by atoms with E-state index in [1.54, 1.807) is 17.0 Å². The summed E-state index contributed by atoms with van der Waals surface area (Å²) in [7, 11) is 0. The van der Waals surface area contributed by atoms with Gasteiger partial charge in [-0.3, -0.25) is 14.5 Å². The van der Waals surface area contributed by atoms with Gasteiger partial charge in [0.2, 0.25) is 11.8 Å². The van der Waals surface area contributed by atoms with E-state index in [2.05, 4.69) is 5.32 Å². The van der Waals surface area contributed by atoms with E-state index in [4.69, 9.17) is 0 Å². The minimum absolute atomic E-state index is 0.00576. The third-order valence-electron chi connectivity index (χ3n) is 4.67. The van der Waals surface area contributed by atoms with Crippen molar-refractivity contribution in [2.24, 2.45) is 0 Å². The smallest absolute Gasteiger partial charge is 0.234 e. The summed E-state index contributed by atoms with van der Waals surface area (Å²) in [4.78, 5) is 28.3. The fourth-order valence-electron chi connectivity index (χ4n) is 3.14. The molecular weight excluding hydrogens is 345 g/mol. The lowest BCUT2D eigenvalue weighted by Gasteiger charge is -2.34. The molecule has 2 amide bonds. The molecule has 2 aromatic carbocycles. The highest BCUT2D eigenvalue weighted by Crippen LogP contribution is 2.09. The first-order chi connectivity index (χ1) is 13.1. The van der Waals surface area contributed by atoms with Gasteiger partial charge in [0, 0.05) is 32.7 Å². The van der Waals surface area contributed by atoms with E-state index in [1.165, 1.54) is 12.1 Å². The minimum atomic E-state index is -0.327. The number of carbonyl (C=O) groups excluding carboxylic acids is 2. The molecule has 0 spiro atoms. The Morgan fingerprint density at radius 2 is 1.63 bits per heavy atom. The Hall–Kier alpha value is -2.73. The number of halogens is 1. The molecular formula is C21H24FN3O2. The van der Waals surface area contributed by atoms with Crippen molar-refractivity contribution in [2.75, 3.05) is 32.7 Å². The molecule has 1 fully saturated rings. The van der Waals surface area contributed by atoms with Gasteiger partial charge in [-0.15, -0.1) is 0 Å². The molecule has 3 rings (SSSR count). The molecule has 0 unspecified atom stereocenters. The van der Waals surface area contributed by atoms with Gasteiger partial charge in [-0.1, -0.05) is 42.5 Å². The van der Waals surface area contributed by atoms with Crippen molar-refractivity contribution in [3.63, 3.8) is 0 Å². The van der Waals surface area contributed by atoms with Crippen LogP contribution in [0.2, 0.25) is 0 Å². The number of hydrogen-bond donors (Lipinski definition) is 1. The van der Waals surface area contributed by atoms with Crippen LogP contribution in [0.3, 0.4) is 0 Å². The highest BCUT2D eigenvalue weighted by molar-refractivity contribution is 5.79. The first-order valence-electron chi connectivity index (χ1n) is 9.15. The van der Waals surface area contributed by atoms with Crippen LogP contribution in [0.15, 0.2) is 54.6 Å². The van der Waals surface area contributed by atoms with Crippen LogP contribution in [0.4, 0.5) is 4.39 Å². The molecule has 2 aromatic rings. The summed E-state index contributed by atoms with van der Waals surface area (Å²) in [5.74, 6) is -0.348. The average Bonchev–Trinajstić information content (AvgIpc) is 2.68. The van der Waals surface area contributed by atoms with Crippen molar-refractivity contribution >= 4 is 11.8 Å². The average molecular weight is 369 g/mol. The van der Waals surface area contributed by atoms with Crippen LogP contribution in [-0.4, -0.2) is 54.3 Å². The van der Waals surface area contributed by atoms with Crippen LogP contribution in [-0.2, 0) is 22.6 Å². The summed E-state index contributed by atoms with van der Waals surface area (Å²) in [5.41, 5.74) is 1.75. The lowest BCUT2D eigenvalue weighted by Crippen LogP contribution is -2.51. The number of carbonyl (C=O) groups is 2. The molecule has 0 saturated carbocycles. The molecule has 1 N–H and O–H groups in total. The normalized spacial score (nSPS) is 14.8. The van der Waals surface area contributed by atoms with Gasteiger partial charge in [0.25, 0.3) is 0 Å². The molecule has 0 aromatic heterocycles. The number of nitrogens with one attached hydrogen (secondary N) is 1. The zero-order valence-electron chi connectivity index (χ0n) is 15.2. The third-order valence-corrected chi connectivity index (χ3v) is 4.67. The highest BCUT2D eigenvalue weighted by atomic mass is 19.1. The van der Waals surface area contributed by atoms with Crippen LogP contribution in [0, 0.1) is 5.82 Å². The lowest BCUT2D eigenvalue weighted by molar-refractivity contribution is -0.132. The van der Waals surface area contributed by atoms with Crippen LogP contribution in [0.25, 0.3) is 0 Å². The quantitative estimate of drug-likeness (QED) is 0.845. The Labute approximate surface area is 158 Å². The second kappa shape index (κ2) is 9.28. The van der Waals surface area contributed by atoms with Crippen molar-refractivity contribution in [3.05, 3.63) is 71.5 Å². The fourth-order valence-corrected chi connectivity index (χ4v) is 3.14. The zero-order valence-corrected chi connectivity index (χ0v) is 15.2. The molecule has 0 atom stereocenters. The Bertz CT molecular complexity index is 774. The number of nitrogens with zero attached hydrogens (tertiary/aromatic N) is 2. The number of benzene rings is 2. The van der Waals surface area contributed by atoms with E-state index >= 15 is 0 Å². The predicted octanol–water partition coefficient (Wildman–Crippen LogP) is 1.83. The maximum absolute atomic E-state index is 13.2. The van der Waals surface area contributed by atoms with Crippen LogP contribution in [0.1, 0.15) is 11.1 Å². The Morgan fingerprint density at radius 1 is 0.926 bits per heavy atom. The van der Waals surface area contributed by atoms with E-state index in [-0.39, 0.29) is 24.1 Å². The van der Waals surface area contributed by atoms with Gasteiger partial charge in [-0.25, -0.2) is 4.39 Å². The SMILES string of the molecule is O=C(CN1CCN(C(=O)Cc2cccc(F)c2)CC1)NCc1ccccc1. The van der Waals surface area contributed by atoms with Crippen LogP contribution in [0.5, 0.6) is 0 Å². The molecule has 1 aliphatic heterocycles. The monoisotopic (exact) mass is 369 g/mol. The fraction of sp³-hybridized carbons (Fsp3) is 0.333. The predicted molar refractivity (Wildman–Crippen MR) is 101 cm³/mol. The molecule has 1 heterocycles. The molecule has 6 heteroatoms. The van der Waals surface area contributed by atoms with Gasteiger partial charge >= 0.3 is 0 Å². The van der Waals surface area contributed by atoms with Gasteiger partial charge in [0.15, 0.2) is 0 Å². The van der Waals surface area contributed by atoms with E-state index in [9.17, 15) is 14.0 Å². The van der Waals surface area contributed by atoms with Gasteiger partial charge in [-0.05, 0) is 23.3 Å². The summed E-state index contributed by atoms with van der Waals surface area (Å²) in [6.45, 7) is 3.34. The first-order valence-corrected chi connectivity index (χ1v) is 9.15. The maximum Gasteiger partial charge on any atom is 0.234 e. The topological polar surface area (TPSA) is 52.7 Å². The number of rotatable bonds is 6. The second-order valence-electron chi connectivity index (χ2n) is 6.73. The Balaban J connectivity index is 1.39. The summed E-state index contributed by atoms with van der Waals surface area (Å²) in [6, 6.07) is 15.9. The van der Waals surface area contributed by atoms with E-state index in [0.717, 1.165) is 5.56 Å². The van der Waals surface area contributed by atoms with Gasteiger partial charge in [0.1, 0.15) is 5.82 Å². The van der Waals surface area contributed by atoms with Crippen molar-refractivity contribution in [1.82, 2.24) is 15.1 Å². The Kier molecular flexibility index (Phi) is 6.54. The van der Waals surface area contributed by atoms with Gasteiger partial charge in [0.05, 0.1) is 13.0 Å². The summed E-state index contributed by atoms with van der Waals surface area (Å²) in [5, 5.41) is 2.92. The maximum atomic E-state index is 13.2. The zero-order chi connectivity index (χ0) is 19.1. The van der Waals surface area contributed by atoms with Crippen LogP contribution >= 0.6 is 0 Å². The van der Waals surface area contributed by atoms with Crippen molar-refractivity contribution in [2.45, 2.75) is 13.0 Å². The number of hydrogen-bond acceptors (Lipinski definition) is 3. The molecule has 27 heavy (non-hydrogen) atoms. The van der Waals surface area contributed by atoms with Crippen LogP contribution < -0.4 is 5.32 Å². The molecule has 1 saturated heterocycles. The van der Waals surface area contributed by atoms with Gasteiger partial charge < -0.3 is 10.2 Å². The first kappa shape index (κ1) is 19.0. The van der Waals surface area contributed by atoms with E-state index in [0.29, 0.717) is 44.8 Å². The number of piperazine rings is 1. The second-order valence-corrected chi connectivity index (χ2v) is 6.73.